The van der Waals surface area contributed by atoms with Gasteiger partial charge >= 0.3 is 5.97 Å². The van der Waals surface area contributed by atoms with Crippen LogP contribution in [-0.4, -0.2) is 38.7 Å². The van der Waals surface area contributed by atoms with E-state index in [9.17, 15) is 13.2 Å². The lowest BCUT2D eigenvalue weighted by Gasteiger charge is -2.11. The van der Waals surface area contributed by atoms with Crippen LogP contribution in [0.4, 0.5) is 0 Å². The quantitative estimate of drug-likeness (QED) is 0.771. The SMILES string of the molecule is O=C(O)/C=C/c1ccc(S(=O)(=O)NC[C@@H]2CCCO2)cc1. The molecular weight excluding hydrogens is 294 g/mol. The van der Waals surface area contributed by atoms with Gasteiger partial charge in [-0.25, -0.2) is 17.9 Å². The lowest BCUT2D eigenvalue weighted by molar-refractivity contribution is -0.131. The van der Waals surface area contributed by atoms with E-state index >= 15 is 0 Å². The van der Waals surface area contributed by atoms with Crippen molar-refractivity contribution in [3.05, 3.63) is 35.9 Å². The summed E-state index contributed by atoms with van der Waals surface area (Å²) in [7, 11) is -3.57. The second-order valence-electron chi connectivity index (χ2n) is 4.73. The molecule has 1 aliphatic heterocycles. The van der Waals surface area contributed by atoms with Gasteiger partial charge in [0.1, 0.15) is 0 Å². The molecule has 1 aromatic carbocycles. The predicted molar refractivity (Wildman–Crippen MR) is 77.3 cm³/mol. The van der Waals surface area contributed by atoms with Crippen molar-refractivity contribution in [1.82, 2.24) is 4.72 Å². The number of aliphatic carboxylic acids is 1. The van der Waals surface area contributed by atoms with Crippen molar-refractivity contribution in [2.45, 2.75) is 23.8 Å². The Kier molecular flexibility index (Phi) is 5.11. The van der Waals surface area contributed by atoms with Crippen LogP contribution in [-0.2, 0) is 19.6 Å². The van der Waals surface area contributed by atoms with Gasteiger partial charge < -0.3 is 9.84 Å². The third kappa shape index (κ3) is 4.66. The van der Waals surface area contributed by atoms with Crippen molar-refractivity contribution in [2.24, 2.45) is 0 Å². The number of carboxylic acid groups (broad SMARTS) is 1. The van der Waals surface area contributed by atoms with Crippen molar-refractivity contribution in [3.63, 3.8) is 0 Å². The second-order valence-corrected chi connectivity index (χ2v) is 6.49. The molecule has 21 heavy (non-hydrogen) atoms. The molecule has 0 radical (unpaired) electrons. The van der Waals surface area contributed by atoms with Crippen LogP contribution in [0, 0.1) is 0 Å². The van der Waals surface area contributed by atoms with E-state index in [4.69, 9.17) is 9.84 Å². The van der Waals surface area contributed by atoms with E-state index in [2.05, 4.69) is 4.72 Å². The molecule has 1 aromatic rings. The van der Waals surface area contributed by atoms with E-state index in [0.29, 0.717) is 12.2 Å². The van der Waals surface area contributed by atoms with Gasteiger partial charge in [0.15, 0.2) is 0 Å². The Hall–Kier alpha value is -1.70. The molecule has 1 heterocycles. The first kappa shape index (κ1) is 15.7. The number of nitrogens with one attached hydrogen (secondary N) is 1. The van der Waals surface area contributed by atoms with Crippen molar-refractivity contribution in [1.29, 1.82) is 0 Å². The minimum atomic E-state index is -3.57. The maximum atomic E-state index is 12.1. The average Bonchev–Trinajstić information content (AvgIpc) is 2.97. The summed E-state index contributed by atoms with van der Waals surface area (Å²) < 4.78 is 32.1. The Bertz CT molecular complexity index is 615. The summed E-state index contributed by atoms with van der Waals surface area (Å²) in [5, 5.41) is 8.53. The number of ether oxygens (including phenoxy) is 1. The zero-order chi connectivity index (χ0) is 15.3. The molecule has 0 bridgehead atoms. The molecule has 0 saturated carbocycles. The van der Waals surface area contributed by atoms with Gasteiger partial charge in [0.05, 0.1) is 11.0 Å². The van der Waals surface area contributed by atoms with Gasteiger partial charge in [-0.2, -0.15) is 0 Å². The van der Waals surface area contributed by atoms with E-state index in [0.717, 1.165) is 18.9 Å². The highest BCUT2D eigenvalue weighted by molar-refractivity contribution is 7.89. The molecule has 7 heteroatoms. The summed E-state index contributed by atoms with van der Waals surface area (Å²) in [6.45, 7) is 0.944. The summed E-state index contributed by atoms with van der Waals surface area (Å²) in [6.07, 6.45) is 4.16. The Morgan fingerprint density at radius 1 is 1.38 bits per heavy atom. The second kappa shape index (κ2) is 6.84. The Balaban J connectivity index is 2.00. The average molecular weight is 311 g/mol. The zero-order valence-corrected chi connectivity index (χ0v) is 12.2. The first-order valence-corrected chi connectivity index (χ1v) is 8.08. The molecule has 6 nitrogen and oxygen atoms in total. The summed E-state index contributed by atoms with van der Waals surface area (Å²) >= 11 is 0. The maximum Gasteiger partial charge on any atom is 0.328 e. The number of carboxylic acids is 1. The molecule has 0 amide bonds. The highest BCUT2D eigenvalue weighted by Crippen LogP contribution is 2.14. The monoisotopic (exact) mass is 311 g/mol. The fraction of sp³-hybridized carbons (Fsp3) is 0.357. The molecule has 0 aliphatic carbocycles. The highest BCUT2D eigenvalue weighted by atomic mass is 32.2. The van der Waals surface area contributed by atoms with E-state index in [1.165, 1.54) is 18.2 Å². The normalized spacial score (nSPS) is 19.1. The van der Waals surface area contributed by atoms with E-state index in [-0.39, 0.29) is 17.5 Å². The third-order valence-corrected chi connectivity index (χ3v) is 4.57. The predicted octanol–water partition coefficient (Wildman–Crippen LogP) is 1.24. The van der Waals surface area contributed by atoms with E-state index in [1.807, 2.05) is 0 Å². The van der Waals surface area contributed by atoms with Crippen LogP contribution in [0.1, 0.15) is 18.4 Å². The number of carbonyl (C=O) groups is 1. The van der Waals surface area contributed by atoms with Gasteiger partial charge in [-0.05, 0) is 36.6 Å². The fourth-order valence-electron chi connectivity index (χ4n) is 2.02. The van der Waals surface area contributed by atoms with Gasteiger partial charge in [0, 0.05) is 19.2 Å². The summed E-state index contributed by atoms with van der Waals surface area (Å²) in [4.78, 5) is 10.6. The van der Waals surface area contributed by atoms with Gasteiger partial charge in [-0.15, -0.1) is 0 Å². The molecule has 2 rings (SSSR count). The van der Waals surface area contributed by atoms with Gasteiger partial charge in [-0.3, -0.25) is 0 Å². The highest BCUT2D eigenvalue weighted by Gasteiger charge is 2.19. The minimum absolute atomic E-state index is 0.0578. The van der Waals surface area contributed by atoms with Crippen molar-refractivity contribution >= 4 is 22.1 Å². The lowest BCUT2D eigenvalue weighted by Crippen LogP contribution is -2.31. The largest absolute Gasteiger partial charge is 0.478 e. The fourth-order valence-corrected chi connectivity index (χ4v) is 3.08. The molecule has 1 saturated heterocycles. The Labute approximate surface area is 123 Å². The van der Waals surface area contributed by atoms with Crippen LogP contribution in [0.15, 0.2) is 35.2 Å². The van der Waals surface area contributed by atoms with Crippen LogP contribution >= 0.6 is 0 Å². The minimum Gasteiger partial charge on any atom is -0.478 e. The first-order chi connectivity index (χ1) is 9.97. The molecule has 2 N–H and O–H groups in total. The smallest absolute Gasteiger partial charge is 0.328 e. The molecular formula is C14H17NO5S. The van der Waals surface area contributed by atoms with Gasteiger partial charge in [-0.1, -0.05) is 12.1 Å². The number of sulfonamides is 1. The van der Waals surface area contributed by atoms with Crippen LogP contribution in [0.25, 0.3) is 6.08 Å². The number of hydrogen-bond donors (Lipinski definition) is 2. The topological polar surface area (TPSA) is 92.7 Å². The van der Waals surface area contributed by atoms with Crippen LogP contribution in [0.2, 0.25) is 0 Å². The van der Waals surface area contributed by atoms with Crippen LogP contribution < -0.4 is 4.72 Å². The summed E-state index contributed by atoms with van der Waals surface area (Å²) in [5.41, 5.74) is 0.621. The summed E-state index contributed by atoms with van der Waals surface area (Å²) in [5.74, 6) is -1.05. The van der Waals surface area contributed by atoms with Crippen molar-refractivity contribution in [2.75, 3.05) is 13.2 Å². The zero-order valence-electron chi connectivity index (χ0n) is 11.4. The molecule has 1 atom stereocenters. The molecule has 1 fully saturated rings. The standard InChI is InChI=1S/C14H17NO5S/c16-14(17)8-5-11-3-6-13(7-4-11)21(18,19)15-10-12-2-1-9-20-12/h3-8,12,15H,1-2,9-10H2,(H,16,17)/b8-5+/t12-/m0/s1. The first-order valence-electron chi connectivity index (χ1n) is 6.60. The number of rotatable bonds is 6. The molecule has 0 aromatic heterocycles. The van der Waals surface area contributed by atoms with Gasteiger partial charge in [0.25, 0.3) is 0 Å². The number of benzene rings is 1. The van der Waals surface area contributed by atoms with Crippen molar-refractivity contribution < 1.29 is 23.1 Å². The lowest BCUT2D eigenvalue weighted by atomic mass is 10.2. The molecule has 0 spiro atoms. The molecule has 1 aliphatic rings. The molecule has 0 unspecified atom stereocenters. The van der Waals surface area contributed by atoms with Crippen LogP contribution in [0.5, 0.6) is 0 Å². The Morgan fingerprint density at radius 3 is 2.67 bits per heavy atom. The van der Waals surface area contributed by atoms with Crippen molar-refractivity contribution in [3.8, 4) is 0 Å². The van der Waals surface area contributed by atoms with E-state index in [1.54, 1.807) is 12.1 Å². The number of hydrogen-bond acceptors (Lipinski definition) is 4. The van der Waals surface area contributed by atoms with E-state index < -0.39 is 16.0 Å². The summed E-state index contributed by atoms with van der Waals surface area (Å²) in [6, 6.07) is 6.00. The van der Waals surface area contributed by atoms with Gasteiger partial charge in [0.2, 0.25) is 10.0 Å². The third-order valence-electron chi connectivity index (χ3n) is 3.13. The maximum absolute atomic E-state index is 12.1. The van der Waals surface area contributed by atoms with Crippen LogP contribution in [0.3, 0.4) is 0 Å². The Morgan fingerprint density at radius 2 is 2.10 bits per heavy atom. The molecule has 114 valence electrons.